The first kappa shape index (κ1) is 19.6. The van der Waals surface area contributed by atoms with Crippen LogP contribution in [0.1, 0.15) is 21.5 Å². The van der Waals surface area contributed by atoms with Gasteiger partial charge in [0.25, 0.3) is 0 Å². The quantitative estimate of drug-likeness (QED) is 0.675. The van der Waals surface area contributed by atoms with Crippen molar-refractivity contribution in [2.45, 2.75) is 13.8 Å². The van der Waals surface area contributed by atoms with E-state index in [0.717, 1.165) is 22.3 Å². The van der Waals surface area contributed by atoms with Gasteiger partial charge >= 0.3 is 5.97 Å². The molecule has 5 nitrogen and oxygen atoms in total. The Hall–Kier alpha value is -3.12. The van der Waals surface area contributed by atoms with Crippen LogP contribution in [-0.4, -0.2) is 25.7 Å². The van der Waals surface area contributed by atoms with Crippen LogP contribution in [0.4, 0.5) is 11.4 Å². The third-order valence-corrected chi connectivity index (χ3v) is 5.79. The monoisotopic (exact) mass is 395 g/mol. The number of rotatable bonds is 5. The van der Waals surface area contributed by atoms with Crippen LogP contribution < -0.4 is 4.31 Å². The summed E-state index contributed by atoms with van der Waals surface area (Å²) in [6, 6.07) is 19.2. The van der Waals surface area contributed by atoms with Crippen LogP contribution >= 0.6 is 0 Å². The van der Waals surface area contributed by atoms with E-state index in [1.54, 1.807) is 48.5 Å². The van der Waals surface area contributed by atoms with E-state index in [9.17, 15) is 18.3 Å². The standard InChI is InChI=1S/C22H21NO4S/c1-15-16(2)21(23(28(3,26)27)19-10-5-4-6-11-19)13-12-20(15)17-8-7-9-18(14-17)22(24)25/h4-14H,1-3H3,(H,24,25). The molecule has 144 valence electrons. The largest absolute Gasteiger partial charge is 0.478 e. The van der Waals surface area contributed by atoms with Crippen LogP contribution in [0, 0.1) is 13.8 Å². The van der Waals surface area contributed by atoms with E-state index >= 15 is 0 Å². The first-order valence-electron chi connectivity index (χ1n) is 8.69. The second-order valence-electron chi connectivity index (χ2n) is 6.63. The van der Waals surface area contributed by atoms with Gasteiger partial charge in [-0.1, -0.05) is 36.4 Å². The summed E-state index contributed by atoms with van der Waals surface area (Å²) in [7, 11) is -3.55. The van der Waals surface area contributed by atoms with Gasteiger partial charge in [0.15, 0.2) is 0 Å². The van der Waals surface area contributed by atoms with Crippen molar-refractivity contribution < 1.29 is 18.3 Å². The fourth-order valence-corrected chi connectivity index (χ4v) is 4.29. The Morgan fingerprint density at radius 3 is 2.18 bits per heavy atom. The number of carbonyl (C=O) groups is 1. The van der Waals surface area contributed by atoms with Crippen LogP contribution in [-0.2, 0) is 10.0 Å². The number of carboxylic acids is 1. The van der Waals surface area contributed by atoms with Gasteiger partial charge in [-0.2, -0.15) is 0 Å². The zero-order valence-corrected chi connectivity index (χ0v) is 16.7. The summed E-state index contributed by atoms with van der Waals surface area (Å²) >= 11 is 0. The maximum absolute atomic E-state index is 12.5. The topological polar surface area (TPSA) is 74.7 Å². The summed E-state index contributed by atoms with van der Waals surface area (Å²) < 4.78 is 26.4. The van der Waals surface area contributed by atoms with Gasteiger partial charge in [0, 0.05) is 0 Å². The fourth-order valence-electron chi connectivity index (χ4n) is 3.23. The van der Waals surface area contributed by atoms with E-state index in [1.807, 2.05) is 32.0 Å². The van der Waals surface area contributed by atoms with E-state index in [-0.39, 0.29) is 5.56 Å². The molecular weight excluding hydrogens is 374 g/mol. The van der Waals surface area contributed by atoms with Crippen molar-refractivity contribution >= 4 is 27.4 Å². The van der Waals surface area contributed by atoms with E-state index in [2.05, 4.69) is 0 Å². The molecule has 0 saturated heterocycles. The third-order valence-electron chi connectivity index (χ3n) is 4.72. The average molecular weight is 395 g/mol. The molecule has 28 heavy (non-hydrogen) atoms. The van der Waals surface area contributed by atoms with Gasteiger partial charge in [0.1, 0.15) is 0 Å². The average Bonchev–Trinajstić information content (AvgIpc) is 2.65. The summed E-state index contributed by atoms with van der Waals surface area (Å²) in [6.45, 7) is 3.78. The van der Waals surface area contributed by atoms with Crippen molar-refractivity contribution in [3.8, 4) is 11.1 Å². The molecule has 0 saturated carbocycles. The van der Waals surface area contributed by atoms with Crippen LogP contribution in [0.15, 0.2) is 66.7 Å². The summed E-state index contributed by atoms with van der Waals surface area (Å²) in [4.78, 5) is 11.3. The highest BCUT2D eigenvalue weighted by Gasteiger charge is 2.23. The zero-order valence-electron chi connectivity index (χ0n) is 15.9. The fraction of sp³-hybridized carbons (Fsp3) is 0.136. The first-order valence-corrected chi connectivity index (χ1v) is 10.5. The highest BCUT2D eigenvalue weighted by atomic mass is 32.2. The van der Waals surface area contributed by atoms with Crippen molar-refractivity contribution in [2.75, 3.05) is 10.6 Å². The van der Waals surface area contributed by atoms with Gasteiger partial charge in [-0.3, -0.25) is 0 Å². The van der Waals surface area contributed by atoms with E-state index < -0.39 is 16.0 Å². The predicted octanol–water partition coefficient (Wildman–Crippen LogP) is 4.77. The number of nitrogens with zero attached hydrogens (tertiary/aromatic N) is 1. The Balaban J connectivity index is 2.16. The minimum absolute atomic E-state index is 0.209. The molecule has 3 aromatic carbocycles. The van der Waals surface area contributed by atoms with E-state index in [4.69, 9.17) is 0 Å². The number of benzene rings is 3. The SMILES string of the molecule is Cc1c(-c2cccc(C(=O)O)c2)ccc(N(c2ccccc2)S(C)(=O)=O)c1C. The molecule has 0 unspecified atom stereocenters. The molecule has 1 N–H and O–H groups in total. The predicted molar refractivity (Wildman–Crippen MR) is 112 cm³/mol. The molecule has 0 radical (unpaired) electrons. The third kappa shape index (κ3) is 3.77. The Morgan fingerprint density at radius 1 is 0.893 bits per heavy atom. The maximum atomic E-state index is 12.5. The van der Waals surface area contributed by atoms with Gasteiger partial charge in [-0.25, -0.2) is 17.5 Å². The Kier molecular flexibility index (Phi) is 5.25. The van der Waals surface area contributed by atoms with Gasteiger partial charge in [-0.05, 0) is 66.4 Å². The molecule has 0 aliphatic heterocycles. The van der Waals surface area contributed by atoms with Gasteiger partial charge in [0.05, 0.1) is 23.2 Å². The molecule has 0 aromatic heterocycles. The zero-order chi connectivity index (χ0) is 20.5. The number of hydrogen-bond donors (Lipinski definition) is 1. The lowest BCUT2D eigenvalue weighted by atomic mass is 9.94. The second kappa shape index (κ2) is 7.48. The number of aromatic carboxylic acids is 1. The molecule has 0 heterocycles. The normalized spacial score (nSPS) is 11.2. The van der Waals surface area contributed by atoms with Crippen LogP contribution in [0.5, 0.6) is 0 Å². The molecule has 0 amide bonds. The molecule has 0 aliphatic rings. The molecular formula is C22H21NO4S. The van der Waals surface area contributed by atoms with Crippen molar-refractivity contribution in [2.24, 2.45) is 0 Å². The first-order chi connectivity index (χ1) is 13.2. The van der Waals surface area contributed by atoms with Gasteiger partial charge in [-0.15, -0.1) is 0 Å². The van der Waals surface area contributed by atoms with Crippen molar-refractivity contribution in [1.29, 1.82) is 0 Å². The molecule has 6 heteroatoms. The second-order valence-corrected chi connectivity index (χ2v) is 8.46. The number of sulfonamides is 1. The summed E-state index contributed by atoms with van der Waals surface area (Å²) in [5, 5.41) is 9.24. The van der Waals surface area contributed by atoms with Crippen molar-refractivity contribution in [3.05, 3.63) is 83.4 Å². The molecule has 0 spiro atoms. The smallest absolute Gasteiger partial charge is 0.335 e. The Labute approximate surface area is 164 Å². The lowest BCUT2D eigenvalue weighted by Gasteiger charge is -2.26. The minimum atomic E-state index is -3.55. The summed E-state index contributed by atoms with van der Waals surface area (Å²) in [5.74, 6) is -0.986. The molecule has 0 bridgehead atoms. The van der Waals surface area contributed by atoms with Gasteiger partial charge < -0.3 is 5.11 Å². The van der Waals surface area contributed by atoms with E-state index in [1.165, 1.54) is 10.6 Å². The summed E-state index contributed by atoms with van der Waals surface area (Å²) in [5.41, 5.74) is 4.69. The van der Waals surface area contributed by atoms with Crippen LogP contribution in [0.2, 0.25) is 0 Å². The lowest BCUT2D eigenvalue weighted by Crippen LogP contribution is -2.25. The Morgan fingerprint density at radius 2 is 1.57 bits per heavy atom. The van der Waals surface area contributed by atoms with E-state index in [0.29, 0.717) is 11.4 Å². The number of para-hydroxylation sites is 1. The van der Waals surface area contributed by atoms with Crippen LogP contribution in [0.3, 0.4) is 0 Å². The van der Waals surface area contributed by atoms with Crippen molar-refractivity contribution in [3.63, 3.8) is 0 Å². The highest BCUT2D eigenvalue weighted by Crippen LogP contribution is 2.36. The molecule has 3 rings (SSSR count). The number of hydrogen-bond acceptors (Lipinski definition) is 3. The van der Waals surface area contributed by atoms with Crippen molar-refractivity contribution in [1.82, 2.24) is 0 Å². The lowest BCUT2D eigenvalue weighted by molar-refractivity contribution is 0.0697. The maximum Gasteiger partial charge on any atom is 0.335 e. The number of carboxylic acid groups (broad SMARTS) is 1. The highest BCUT2D eigenvalue weighted by molar-refractivity contribution is 7.92. The number of anilines is 2. The molecule has 0 fully saturated rings. The molecule has 0 aliphatic carbocycles. The summed E-state index contributed by atoms with van der Waals surface area (Å²) in [6.07, 6.45) is 1.18. The molecule has 0 atom stereocenters. The Bertz CT molecular complexity index is 1140. The molecule has 3 aromatic rings. The van der Waals surface area contributed by atoms with Crippen LogP contribution in [0.25, 0.3) is 11.1 Å². The van der Waals surface area contributed by atoms with Gasteiger partial charge in [0.2, 0.25) is 10.0 Å². The minimum Gasteiger partial charge on any atom is -0.478 e.